The smallest absolute Gasteiger partial charge is 0.123 e. The Morgan fingerprint density at radius 2 is 1.63 bits per heavy atom. The zero-order valence-corrected chi connectivity index (χ0v) is 12.2. The van der Waals surface area contributed by atoms with Gasteiger partial charge in [-0.05, 0) is 56.5 Å². The van der Waals surface area contributed by atoms with E-state index in [1.807, 2.05) is 12.1 Å². The molecule has 2 rings (SSSR count). The standard InChI is InChI=1S/C16H25FN2/c1-12(2)16(18,13(3)19-10-4-5-11-19)14-6-8-15(17)9-7-14/h6-9,12-13H,4-5,10-11,18H2,1-3H3. The lowest BCUT2D eigenvalue weighted by Gasteiger charge is -2.44. The Labute approximate surface area is 115 Å². The molecule has 1 saturated heterocycles. The van der Waals surface area contributed by atoms with Crippen molar-refractivity contribution in [2.24, 2.45) is 11.7 Å². The van der Waals surface area contributed by atoms with Crippen LogP contribution >= 0.6 is 0 Å². The Balaban J connectivity index is 2.33. The van der Waals surface area contributed by atoms with Crippen LogP contribution < -0.4 is 5.73 Å². The van der Waals surface area contributed by atoms with Crippen LogP contribution in [-0.2, 0) is 5.54 Å². The monoisotopic (exact) mass is 264 g/mol. The molecule has 0 bridgehead atoms. The Morgan fingerprint density at radius 1 is 1.11 bits per heavy atom. The summed E-state index contributed by atoms with van der Waals surface area (Å²) >= 11 is 0. The summed E-state index contributed by atoms with van der Waals surface area (Å²) in [5.74, 6) is 0.0947. The maximum Gasteiger partial charge on any atom is 0.123 e. The van der Waals surface area contributed by atoms with Crippen LogP contribution in [-0.4, -0.2) is 24.0 Å². The van der Waals surface area contributed by atoms with Gasteiger partial charge in [0.1, 0.15) is 5.82 Å². The van der Waals surface area contributed by atoms with Gasteiger partial charge in [0, 0.05) is 6.04 Å². The van der Waals surface area contributed by atoms with Crippen LogP contribution in [0.5, 0.6) is 0 Å². The average Bonchev–Trinajstić information content (AvgIpc) is 2.91. The van der Waals surface area contributed by atoms with E-state index in [9.17, 15) is 4.39 Å². The van der Waals surface area contributed by atoms with Crippen LogP contribution in [0.2, 0.25) is 0 Å². The minimum absolute atomic E-state index is 0.205. The molecule has 1 aliphatic heterocycles. The second-order valence-corrected chi connectivity index (χ2v) is 6.01. The quantitative estimate of drug-likeness (QED) is 0.905. The second kappa shape index (κ2) is 5.59. The van der Waals surface area contributed by atoms with E-state index < -0.39 is 5.54 Å². The van der Waals surface area contributed by atoms with E-state index in [0.717, 1.165) is 18.7 Å². The molecule has 2 nitrogen and oxygen atoms in total. The molecule has 2 atom stereocenters. The molecule has 1 heterocycles. The minimum atomic E-state index is -0.432. The van der Waals surface area contributed by atoms with E-state index in [1.54, 1.807) is 0 Å². The molecule has 0 saturated carbocycles. The summed E-state index contributed by atoms with van der Waals surface area (Å²) < 4.78 is 13.1. The Kier molecular flexibility index (Phi) is 4.26. The van der Waals surface area contributed by atoms with Gasteiger partial charge in [-0.3, -0.25) is 4.90 Å². The lowest BCUT2D eigenvalue weighted by molar-refractivity contribution is 0.122. The van der Waals surface area contributed by atoms with Crippen molar-refractivity contribution in [2.75, 3.05) is 13.1 Å². The van der Waals surface area contributed by atoms with E-state index in [4.69, 9.17) is 5.73 Å². The van der Waals surface area contributed by atoms with E-state index in [2.05, 4.69) is 25.7 Å². The van der Waals surface area contributed by atoms with Crippen molar-refractivity contribution in [2.45, 2.75) is 45.2 Å². The molecular formula is C16H25FN2. The van der Waals surface area contributed by atoms with Crippen LogP contribution in [0.25, 0.3) is 0 Å². The van der Waals surface area contributed by atoms with Crippen LogP contribution in [0, 0.1) is 11.7 Å². The highest BCUT2D eigenvalue weighted by atomic mass is 19.1. The average molecular weight is 264 g/mol. The van der Waals surface area contributed by atoms with Crippen molar-refractivity contribution in [1.82, 2.24) is 4.90 Å². The number of halogens is 1. The maximum absolute atomic E-state index is 13.1. The predicted octanol–water partition coefficient (Wildman–Crippen LogP) is 3.12. The van der Waals surface area contributed by atoms with Crippen molar-refractivity contribution < 1.29 is 4.39 Å². The van der Waals surface area contributed by atoms with E-state index in [0.29, 0.717) is 5.92 Å². The maximum atomic E-state index is 13.1. The summed E-state index contributed by atoms with van der Waals surface area (Å²) in [6, 6.07) is 6.95. The van der Waals surface area contributed by atoms with E-state index in [-0.39, 0.29) is 11.9 Å². The van der Waals surface area contributed by atoms with Crippen molar-refractivity contribution in [1.29, 1.82) is 0 Å². The number of benzene rings is 1. The van der Waals surface area contributed by atoms with Crippen molar-refractivity contribution >= 4 is 0 Å². The zero-order chi connectivity index (χ0) is 14.0. The summed E-state index contributed by atoms with van der Waals surface area (Å²) in [5, 5.41) is 0. The Bertz CT molecular complexity index is 409. The molecule has 2 N–H and O–H groups in total. The van der Waals surface area contributed by atoms with Gasteiger partial charge in [0.15, 0.2) is 0 Å². The fourth-order valence-corrected chi connectivity index (χ4v) is 3.23. The molecule has 0 radical (unpaired) electrons. The lowest BCUT2D eigenvalue weighted by Crippen LogP contribution is -2.57. The molecule has 1 aromatic carbocycles. The number of nitrogens with two attached hydrogens (primary N) is 1. The Morgan fingerprint density at radius 3 is 2.11 bits per heavy atom. The van der Waals surface area contributed by atoms with Crippen LogP contribution in [0.3, 0.4) is 0 Å². The molecule has 19 heavy (non-hydrogen) atoms. The summed E-state index contributed by atoms with van der Waals surface area (Å²) in [5.41, 5.74) is 7.37. The highest BCUT2D eigenvalue weighted by molar-refractivity contribution is 5.27. The largest absolute Gasteiger partial charge is 0.320 e. The van der Waals surface area contributed by atoms with Gasteiger partial charge in [0.25, 0.3) is 0 Å². The van der Waals surface area contributed by atoms with Gasteiger partial charge in [0.05, 0.1) is 5.54 Å². The first kappa shape index (κ1) is 14.5. The predicted molar refractivity (Wildman–Crippen MR) is 77.4 cm³/mol. The molecule has 2 unspecified atom stereocenters. The highest BCUT2D eigenvalue weighted by Crippen LogP contribution is 2.34. The fraction of sp³-hybridized carbons (Fsp3) is 0.625. The number of rotatable bonds is 4. The van der Waals surface area contributed by atoms with Crippen molar-refractivity contribution in [3.8, 4) is 0 Å². The molecule has 106 valence electrons. The van der Waals surface area contributed by atoms with Crippen molar-refractivity contribution in [3.63, 3.8) is 0 Å². The molecule has 0 amide bonds. The van der Waals surface area contributed by atoms with Gasteiger partial charge in [-0.1, -0.05) is 26.0 Å². The van der Waals surface area contributed by atoms with Crippen LogP contribution in [0.4, 0.5) is 4.39 Å². The highest BCUT2D eigenvalue weighted by Gasteiger charge is 2.40. The molecule has 1 aliphatic rings. The van der Waals surface area contributed by atoms with Crippen LogP contribution in [0.1, 0.15) is 39.2 Å². The number of hydrogen-bond acceptors (Lipinski definition) is 2. The third-order valence-electron chi connectivity index (χ3n) is 4.68. The molecule has 1 fully saturated rings. The first-order chi connectivity index (χ1) is 8.96. The van der Waals surface area contributed by atoms with Crippen molar-refractivity contribution in [3.05, 3.63) is 35.6 Å². The van der Waals surface area contributed by atoms with Gasteiger partial charge >= 0.3 is 0 Å². The van der Waals surface area contributed by atoms with Gasteiger partial charge in [-0.2, -0.15) is 0 Å². The van der Waals surface area contributed by atoms with Gasteiger partial charge in [-0.15, -0.1) is 0 Å². The number of likely N-dealkylation sites (tertiary alicyclic amines) is 1. The van der Waals surface area contributed by atoms with E-state index >= 15 is 0 Å². The summed E-state index contributed by atoms with van der Waals surface area (Å²) in [6.07, 6.45) is 2.50. The van der Waals surface area contributed by atoms with Gasteiger partial charge in [0.2, 0.25) is 0 Å². The number of hydrogen-bond donors (Lipinski definition) is 1. The molecule has 0 aliphatic carbocycles. The Hall–Kier alpha value is -0.930. The molecule has 0 spiro atoms. The third-order valence-corrected chi connectivity index (χ3v) is 4.68. The van der Waals surface area contributed by atoms with Crippen LogP contribution in [0.15, 0.2) is 24.3 Å². The van der Waals surface area contributed by atoms with E-state index in [1.165, 1.54) is 25.0 Å². The second-order valence-electron chi connectivity index (χ2n) is 6.01. The lowest BCUT2D eigenvalue weighted by atomic mass is 9.75. The molecular weight excluding hydrogens is 239 g/mol. The first-order valence-corrected chi connectivity index (χ1v) is 7.25. The minimum Gasteiger partial charge on any atom is -0.320 e. The third kappa shape index (κ3) is 2.67. The fourth-order valence-electron chi connectivity index (χ4n) is 3.23. The summed E-state index contributed by atoms with van der Waals surface area (Å²) in [6.45, 7) is 8.74. The molecule has 0 aromatic heterocycles. The SMILES string of the molecule is CC(C)C(N)(c1ccc(F)cc1)C(C)N1CCCC1. The zero-order valence-electron chi connectivity index (χ0n) is 12.2. The molecule has 3 heteroatoms. The summed E-state index contributed by atoms with van der Waals surface area (Å²) in [4.78, 5) is 2.46. The molecule has 1 aromatic rings. The van der Waals surface area contributed by atoms with Gasteiger partial charge in [-0.25, -0.2) is 4.39 Å². The summed E-state index contributed by atoms with van der Waals surface area (Å²) in [7, 11) is 0. The topological polar surface area (TPSA) is 29.3 Å². The first-order valence-electron chi connectivity index (χ1n) is 7.25. The normalized spacial score (nSPS) is 21.6. The number of nitrogens with zero attached hydrogens (tertiary/aromatic N) is 1. The van der Waals surface area contributed by atoms with Gasteiger partial charge < -0.3 is 5.73 Å².